The molecule has 1 aromatic rings. The first-order chi connectivity index (χ1) is 8.84. The lowest BCUT2D eigenvalue weighted by Crippen LogP contribution is -2.18. The van der Waals surface area contributed by atoms with Gasteiger partial charge in [0, 0.05) is 25.7 Å². The molecule has 2 N–H and O–H groups in total. The number of halogens is 4. The molecule has 7 heteroatoms. The Bertz CT molecular complexity index is 446. The molecule has 106 valence electrons. The van der Waals surface area contributed by atoms with Crippen LogP contribution in [0.4, 0.5) is 23.2 Å². The average molecular weight is 278 g/mol. The van der Waals surface area contributed by atoms with Gasteiger partial charge in [-0.3, -0.25) is 4.79 Å². The van der Waals surface area contributed by atoms with Crippen LogP contribution in [-0.2, 0) is 11.0 Å². The van der Waals surface area contributed by atoms with Crippen molar-refractivity contribution in [1.82, 2.24) is 5.32 Å². The summed E-state index contributed by atoms with van der Waals surface area (Å²) in [5.41, 5.74) is -1.13. The van der Waals surface area contributed by atoms with Crippen LogP contribution in [0.25, 0.3) is 0 Å². The van der Waals surface area contributed by atoms with E-state index in [1.165, 1.54) is 13.1 Å². The van der Waals surface area contributed by atoms with E-state index in [1.807, 2.05) is 0 Å². The van der Waals surface area contributed by atoms with Crippen molar-refractivity contribution in [3.63, 3.8) is 0 Å². The molecule has 0 atom stereocenters. The second-order valence-electron chi connectivity index (χ2n) is 3.90. The van der Waals surface area contributed by atoms with Crippen molar-refractivity contribution in [2.45, 2.75) is 19.0 Å². The quantitative estimate of drug-likeness (QED) is 0.642. The molecule has 0 aliphatic heterocycles. The fourth-order valence-corrected chi connectivity index (χ4v) is 1.46. The van der Waals surface area contributed by atoms with Gasteiger partial charge in [-0.15, -0.1) is 0 Å². The van der Waals surface area contributed by atoms with Crippen LogP contribution in [0.1, 0.15) is 18.4 Å². The Morgan fingerprint density at radius 2 is 2.00 bits per heavy atom. The molecule has 0 aliphatic rings. The van der Waals surface area contributed by atoms with Crippen LogP contribution in [-0.4, -0.2) is 19.5 Å². The molecule has 0 unspecified atom stereocenters. The average Bonchev–Trinajstić information content (AvgIpc) is 2.34. The molecule has 0 aliphatic carbocycles. The Labute approximate surface area is 108 Å². The number of anilines is 1. The Hall–Kier alpha value is -1.79. The van der Waals surface area contributed by atoms with Crippen LogP contribution in [0.3, 0.4) is 0 Å². The smallest absolute Gasteiger partial charge is 0.385 e. The van der Waals surface area contributed by atoms with Gasteiger partial charge in [0.2, 0.25) is 5.91 Å². The van der Waals surface area contributed by atoms with Crippen LogP contribution < -0.4 is 10.6 Å². The molecule has 19 heavy (non-hydrogen) atoms. The van der Waals surface area contributed by atoms with E-state index < -0.39 is 17.6 Å². The zero-order valence-corrected chi connectivity index (χ0v) is 10.3. The van der Waals surface area contributed by atoms with Crippen LogP contribution in [0.5, 0.6) is 0 Å². The van der Waals surface area contributed by atoms with E-state index in [2.05, 4.69) is 10.6 Å². The third kappa shape index (κ3) is 4.76. The van der Waals surface area contributed by atoms with Gasteiger partial charge in [0.15, 0.2) is 0 Å². The summed E-state index contributed by atoms with van der Waals surface area (Å²) in [6.45, 7) is 0.330. The van der Waals surface area contributed by atoms with Crippen LogP contribution >= 0.6 is 0 Å². The third-order valence-electron chi connectivity index (χ3n) is 2.46. The predicted octanol–water partition coefficient (Wildman–Crippen LogP) is 2.78. The molecular weight excluding hydrogens is 264 g/mol. The Balaban J connectivity index is 2.58. The van der Waals surface area contributed by atoms with E-state index in [-0.39, 0.29) is 18.0 Å². The standard InChI is InChI=1S/C12H14F4N2O/c1-17-11(19)3-2-6-18-8-4-5-10(13)9(7-8)12(14,15)16/h4-5,7,18H,2-3,6H2,1H3,(H,17,19). The second-order valence-corrected chi connectivity index (χ2v) is 3.90. The molecule has 1 amide bonds. The number of rotatable bonds is 5. The highest BCUT2D eigenvalue weighted by atomic mass is 19.4. The van der Waals surface area contributed by atoms with Crippen molar-refractivity contribution in [3.8, 4) is 0 Å². The number of hydrogen-bond acceptors (Lipinski definition) is 2. The topological polar surface area (TPSA) is 41.1 Å². The number of hydrogen-bond donors (Lipinski definition) is 2. The Kier molecular flexibility index (Phi) is 5.14. The molecule has 1 aromatic carbocycles. The first kappa shape index (κ1) is 15.3. The molecular formula is C12H14F4N2O. The number of carbonyl (C=O) groups is 1. The molecule has 0 saturated heterocycles. The molecule has 0 bridgehead atoms. The van der Waals surface area contributed by atoms with Gasteiger partial charge in [-0.2, -0.15) is 13.2 Å². The minimum atomic E-state index is -4.72. The van der Waals surface area contributed by atoms with E-state index >= 15 is 0 Å². The highest BCUT2D eigenvalue weighted by Crippen LogP contribution is 2.32. The molecule has 1 rings (SSSR count). The number of nitrogens with one attached hydrogen (secondary N) is 2. The number of alkyl halides is 3. The maximum absolute atomic E-state index is 13.0. The lowest BCUT2D eigenvalue weighted by Gasteiger charge is -2.11. The van der Waals surface area contributed by atoms with Crippen molar-refractivity contribution >= 4 is 11.6 Å². The largest absolute Gasteiger partial charge is 0.419 e. The van der Waals surface area contributed by atoms with Gasteiger partial charge >= 0.3 is 6.18 Å². The fourth-order valence-electron chi connectivity index (χ4n) is 1.46. The molecule has 0 heterocycles. The van der Waals surface area contributed by atoms with Crippen molar-refractivity contribution in [1.29, 1.82) is 0 Å². The van der Waals surface area contributed by atoms with E-state index in [4.69, 9.17) is 0 Å². The monoisotopic (exact) mass is 278 g/mol. The first-order valence-corrected chi connectivity index (χ1v) is 5.66. The van der Waals surface area contributed by atoms with Crippen molar-refractivity contribution in [3.05, 3.63) is 29.6 Å². The van der Waals surface area contributed by atoms with Crippen LogP contribution in [0, 0.1) is 5.82 Å². The van der Waals surface area contributed by atoms with E-state index in [1.54, 1.807) is 0 Å². The predicted molar refractivity (Wildman–Crippen MR) is 63.2 cm³/mol. The van der Waals surface area contributed by atoms with Crippen molar-refractivity contribution in [2.75, 3.05) is 18.9 Å². The van der Waals surface area contributed by atoms with Gasteiger partial charge in [0.25, 0.3) is 0 Å². The maximum atomic E-state index is 13.0. The zero-order valence-electron chi connectivity index (χ0n) is 10.3. The summed E-state index contributed by atoms with van der Waals surface area (Å²) < 4.78 is 50.3. The van der Waals surface area contributed by atoms with Gasteiger partial charge in [-0.05, 0) is 24.6 Å². The van der Waals surface area contributed by atoms with Gasteiger partial charge in [0.1, 0.15) is 5.82 Å². The van der Waals surface area contributed by atoms with E-state index in [0.717, 1.165) is 12.1 Å². The van der Waals surface area contributed by atoms with Crippen LogP contribution in [0.2, 0.25) is 0 Å². The van der Waals surface area contributed by atoms with Gasteiger partial charge in [0.05, 0.1) is 5.56 Å². The van der Waals surface area contributed by atoms with E-state index in [0.29, 0.717) is 13.0 Å². The molecule has 0 spiro atoms. The fraction of sp³-hybridized carbons (Fsp3) is 0.417. The summed E-state index contributed by atoms with van der Waals surface area (Å²) in [4.78, 5) is 10.9. The normalized spacial score (nSPS) is 11.2. The lowest BCUT2D eigenvalue weighted by atomic mass is 10.1. The minimum absolute atomic E-state index is 0.142. The molecule has 3 nitrogen and oxygen atoms in total. The minimum Gasteiger partial charge on any atom is -0.385 e. The first-order valence-electron chi connectivity index (χ1n) is 5.66. The third-order valence-corrected chi connectivity index (χ3v) is 2.46. The highest BCUT2D eigenvalue weighted by Gasteiger charge is 2.34. The number of carbonyl (C=O) groups excluding carboxylic acids is 1. The number of amides is 1. The summed E-state index contributed by atoms with van der Waals surface area (Å²) in [5, 5.41) is 5.15. The molecule has 0 aromatic heterocycles. The molecule has 0 radical (unpaired) electrons. The number of benzene rings is 1. The molecule has 0 saturated carbocycles. The Morgan fingerprint density at radius 3 is 2.58 bits per heavy atom. The second kappa shape index (κ2) is 6.40. The molecule has 0 fully saturated rings. The summed E-state index contributed by atoms with van der Waals surface area (Å²) in [6, 6.07) is 2.71. The van der Waals surface area contributed by atoms with E-state index in [9.17, 15) is 22.4 Å². The van der Waals surface area contributed by atoms with Crippen molar-refractivity contribution in [2.24, 2.45) is 0 Å². The summed E-state index contributed by atoms with van der Waals surface area (Å²) >= 11 is 0. The zero-order chi connectivity index (χ0) is 14.5. The van der Waals surface area contributed by atoms with Gasteiger partial charge < -0.3 is 10.6 Å². The lowest BCUT2D eigenvalue weighted by molar-refractivity contribution is -0.139. The van der Waals surface area contributed by atoms with Crippen molar-refractivity contribution < 1.29 is 22.4 Å². The highest BCUT2D eigenvalue weighted by molar-refractivity contribution is 5.75. The maximum Gasteiger partial charge on any atom is 0.419 e. The van der Waals surface area contributed by atoms with Gasteiger partial charge in [-0.1, -0.05) is 0 Å². The SMILES string of the molecule is CNC(=O)CCCNc1ccc(F)c(C(F)(F)F)c1. The summed E-state index contributed by atoms with van der Waals surface area (Å²) in [7, 11) is 1.51. The summed E-state index contributed by atoms with van der Waals surface area (Å²) in [6.07, 6.45) is -3.97. The van der Waals surface area contributed by atoms with Gasteiger partial charge in [-0.25, -0.2) is 4.39 Å². The summed E-state index contributed by atoms with van der Waals surface area (Å²) in [5.74, 6) is -1.44. The Morgan fingerprint density at radius 1 is 1.32 bits per heavy atom. The van der Waals surface area contributed by atoms with Crippen LogP contribution in [0.15, 0.2) is 18.2 Å².